The van der Waals surface area contributed by atoms with Crippen molar-refractivity contribution in [3.63, 3.8) is 0 Å². The number of amides is 1. The number of benzene rings is 2. The van der Waals surface area contributed by atoms with Gasteiger partial charge >= 0.3 is 0 Å². The van der Waals surface area contributed by atoms with E-state index in [0.29, 0.717) is 19.8 Å². The van der Waals surface area contributed by atoms with E-state index in [1.54, 1.807) is 0 Å². The fraction of sp³-hybridized carbons (Fsp3) is 0.391. The Labute approximate surface area is 171 Å². The summed E-state index contributed by atoms with van der Waals surface area (Å²) in [5.74, 6) is 0.0244. The van der Waals surface area contributed by atoms with Crippen LogP contribution in [0.25, 0.3) is 10.8 Å². The average molecular weight is 393 g/mol. The molecule has 0 spiro atoms. The van der Waals surface area contributed by atoms with E-state index in [4.69, 9.17) is 4.74 Å². The summed E-state index contributed by atoms with van der Waals surface area (Å²) < 4.78 is 5.70. The topological polar surface area (TPSA) is 70.2 Å². The highest BCUT2D eigenvalue weighted by atomic mass is 16.5. The molecule has 1 amide bonds. The van der Waals surface area contributed by atoms with E-state index in [2.05, 4.69) is 50.7 Å². The first-order valence-corrected chi connectivity index (χ1v) is 10.1. The van der Waals surface area contributed by atoms with Gasteiger partial charge in [-0.1, -0.05) is 36.4 Å². The fourth-order valence-electron chi connectivity index (χ4n) is 4.18. The summed E-state index contributed by atoms with van der Waals surface area (Å²) in [7, 11) is 0. The molecule has 1 aromatic heterocycles. The molecule has 2 aromatic carbocycles. The lowest BCUT2D eigenvalue weighted by Crippen LogP contribution is -2.45. The van der Waals surface area contributed by atoms with Crippen molar-refractivity contribution in [3.8, 4) is 0 Å². The molecule has 0 aliphatic carbocycles. The van der Waals surface area contributed by atoms with Gasteiger partial charge in [-0.15, -0.1) is 0 Å². The second-order valence-corrected chi connectivity index (χ2v) is 7.80. The lowest BCUT2D eigenvalue weighted by molar-refractivity contribution is -0.125. The molecule has 1 aliphatic heterocycles. The molecule has 2 atom stereocenters. The fourth-order valence-corrected chi connectivity index (χ4v) is 4.18. The number of carbonyl (C=O) groups excluding carboxylic acids is 1. The van der Waals surface area contributed by atoms with Crippen LogP contribution in [0.4, 0.5) is 0 Å². The van der Waals surface area contributed by atoms with Crippen molar-refractivity contribution in [3.05, 3.63) is 65.0 Å². The van der Waals surface area contributed by atoms with Gasteiger partial charge in [-0.3, -0.25) is 14.8 Å². The Balaban J connectivity index is 1.44. The molecular weight excluding hydrogens is 364 g/mol. The lowest BCUT2D eigenvalue weighted by Gasteiger charge is -2.35. The van der Waals surface area contributed by atoms with Crippen LogP contribution in [0.5, 0.6) is 0 Å². The number of aromatic nitrogens is 2. The van der Waals surface area contributed by atoms with Crippen LogP contribution in [0.3, 0.4) is 0 Å². The molecule has 2 N–H and O–H groups in total. The van der Waals surface area contributed by atoms with Crippen LogP contribution in [0.15, 0.2) is 42.5 Å². The molecule has 3 aromatic rings. The lowest BCUT2D eigenvalue weighted by atomic mass is 10.0. The summed E-state index contributed by atoms with van der Waals surface area (Å²) in [5, 5.41) is 12.9. The molecule has 0 radical (unpaired) electrons. The van der Waals surface area contributed by atoms with Crippen molar-refractivity contribution < 1.29 is 9.53 Å². The monoisotopic (exact) mass is 392 g/mol. The van der Waals surface area contributed by atoms with Gasteiger partial charge in [-0.25, -0.2) is 0 Å². The summed E-state index contributed by atoms with van der Waals surface area (Å²) in [5.41, 5.74) is 4.25. The van der Waals surface area contributed by atoms with Gasteiger partial charge in [-0.05, 0) is 43.2 Å². The number of nitrogens with zero attached hydrogens (tertiary/aromatic N) is 2. The Morgan fingerprint density at radius 1 is 1.28 bits per heavy atom. The normalized spacial score (nSPS) is 18.7. The maximum absolute atomic E-state index is 12.8. The Bertz CT molecular complexity index is 994. The van der Waals surface area contributed by atoms with Gasteiger partial charge in [0.1, 0.15) is 0 Å². The van der Waals surface area contributed by atoms with Crippen LogP contribution in [-0.4, -0.2) is 47.3 Å². The van der Waals surface area contributed by atoms with Gasteiger partial charge in [0.15, 0.2) is 0 Å². The number of aromatic amines is 1. The quantitative estimate of drug-likeness (QED) is 0.698. The van der Waals surface area contributed by atoms with Crippen molar-refractivity contribution in [1.29, 1.82) is 0 Å². The molecule has 1 aliphatic rings. The third-order valence-electron chi connectivity index (χ3n) is 5.76. The Kier molecular flexibility index (Phi) is 5.65. The summed E-state index contributed by atoms with van der Waals surface area (Å²) in [6, 6.07) is 14.6. The number of nitrogens with one attached hydrogen (secondary N) is 2. The molecule has 29 heavy (non-hydrogen) atoms. The second-order valence-electron chi connectivity index (χ2n) is 7.80. The van der Waals surface area contributed by atoms with Crippen molar-refractivity contribution in [2.45, 2.75) is 32.9 Å². The van der Waals surface area contributed by atoms with Crippen molar-refractivity contribution >= 4 is 16.7 Å². The molecule has 2 heterocycles. The van der Waals surface area contributed by atoms with E-state index in [1.165, 1.54) is 10.8 Å². The number of morpholine rings is 1. The van der Waals surface area contributed by atoms with Crippen LogP contribution in [0.2, 0.25) is 0 Å². The smallest absolute Gasteiger partial charge is 0.234 e. The van der Waals surface area contributed by atoms with Crippen LogP contribution in [0.1, 0.15) is 41.5 Å². The zero-order valence-electron chi connectivity index (χ0n) is 17.2. The molecule has 1 fully saturated rings. The number of carbonyl (C=O) groups is 1. The second kappa shape index (κ2) is 8.35. The summed E-state index contributed by atoms with van der Waals surface area (Å²) >= 11 is 0. The molecule has 1 saturated heterocycles. The first-order valence-electron chi connectivity index (χ1n) is 10.1. The molecule has 6 nitrogen and oxygen atoms in total. The third-order valence-corrected chi connectivity index (χ3v) is 5.76. The van der Waals surface area contributed by atoms with Gasteiger partial charge in [-0.2, -0.15) is 5.10 Å². The number of rotatable bonds is 5. The van der Waals surface area contributed by atoms with E-state index < -0.39 is 0 Å². The van der Waals surface area contributed by atoms with Crippen molar-refractivity contribution in [2.75, 3.05) is 26.3 Å². The highest BCUT2D eigenvalue weighted by molar-refractivity contribution is 5.83. The van der Waals surface area contributed by atoms with Crippen molar-refractivity contribution in [1.82, 2.24) is 20.4 Å². The molecule has 4 rings (SSSR count). The third kappa shape index (κ3) is 4.18. The first-order chi connectivity index (χ1) is 14.0. The van der Waals surface area contributed by atoms with E-state index in [1.807, 2.05) is 32.9 Å². The van der Waals surface area contributed by atoms with Gasteiger partial charge in [0, 0.05) is 17.8 Å². The maximum Gasteiger partial charge on any atom is 0.234 e. The molecule has 0 unspecified atom stereocenters. The molecule has 6 heteroatoms. The SMILES string of the molecule is Cc1n[nH]c(C)c1[C@H]1COCCN1CC(=O)N[C@@H](C)c1ccc2ccccc2c1. The van der Waals surface area contributed by atoms with Gasteiger partial charge in [0.05, 0.1) is 37.5 Å². The predicted octanol–water partition coefficient (Wildman–Crippen LogP) is 3.43. The molecule has 0 saturated carbocycles. The largest absolute Gasteiger partial charge is 0.378 e. The number of aryl methyl sites for hydroxylation is 2. The summed E-state index contributed by atoms with van der Waals surface area (Å²) in [6.07, 6.45) is 0. The minimum Gasteiger partial charge on any atom is -0.378 e. The van der Waals surface area contributed by atoms with Crippen molar-refractivity contribution in [2.24, 2.45) is 0 Å². The first kappa shape index (κ1) is 19.6. The van der Waals surface area contributed by atoms with E-state index in [-0.39, 0.29) is 18.0 Å². The zero-order chi connectivity index (χ0) is 20.4. The number of fused-ring (bicyclic) bond motifs is 1. The number of hydrogen-bond donors (Lipinski definition) is 2. The number of ether oxygens (including phenoxy) is 1. The standard InChI is InChI=1S/C23H28N4O2/c1-15(19-9-8-18-6-4-5-7-20(18)12-19)24-22(28)13-27-10-11-29-14-21(27)23-16(2)25-26-17(23)3/h4-9,12,15,21H,10-11,13-14H2,1-3H3,(H,24,28)(H,25,26)/t15-,21+/m0/s1. The Hall–Kier alpha value is -2.70. The van der Waals surface area contributed by atoms with Gasteiger partial charge in [0.2, 0.25) is 5.91 Å². The highest BCUT2D eigenvalue weighted by Gasteiger charge is 2.30. The number of H-pyrrole nitrogens is 1. The average Bonchev–Trinajstić information content (AvgIpc) is 3.06. The van der Waals surface area contributed by atoms with E-state index >= 15 is 0 Å². The minimum absolute atomic E-state index is 0.0244. The van der Waals surface area contributed by atoms with Crippen LogP contribution >= 0.6 is 0 Å². The van der Waals surface area contributed by atoms with Gasteiger partial charge in [0.25, 0.3) is 0 Å². The molecule has 0 bridgehead atoms. The predicted molar refractivity (Wildman–Crippen MR) is 114 cm³/mol. The zero-order valence-corrected chi connectivity index (χ0v) is 17.2. The van der Waals surface area contributed by atoms with Crippen LogP contribution < -0.4 is 5.32 Å². The molecule has 152 valence electrons. The van der Waals surface area contributed by atoms with Crippen LogP contribution in [0, 0.1) is 13.8 Å². The van der Waals surface area contributed by atoms with E-state index in [9.17, 15) is 4.79 Å². The van der Waals surface area contributed by atoms with Gasteiger partial charge < -0.3 is 10.1 Å². The summed E-state index contributed by atoms with van der Waals surface area (Å²) in [4.78, 5) is 15.0. The minimum atomic E-state index is -0.0519. The Morgan fingerprint density at radius 3 is 2.83 bits per heavy atom. The molecular formula is C23H28N4O2. The Morgan fingerprint density at radius 2 is 2.07 bits per heavy atom. The maximum atomic E-state index is 12.8. The highest BCUT2D eigenvalue weighted by Crippen LogP contribution is 2.28. The van der Waals surface area contributed by atoms with Crippen LogP contribution in [-0.2, 0) is 9.53 Å². The summed E-state index contributed by atoms with van der Waals surface area (Å²) in [6.45, 7) is 8.33. The number of hydrogen-bond acceptors (Lipinski definition) is 4. The van der Waals surface area contributed by atoms with E-state index in [0.717, 1.165) is 29.1 Å².